The topological polar surface area (TPSA) is 15.3 Å². The third kappa shape index (κ3) is 3.03. The minimum atomic E-state index is 0.685. The molecule has 1 heterocycles. The summed E-state index contributed by atoms with van der Waals surface area (Å²) in [5.41, 5.74) is 0.685. The quantitative estimate of drug-likeness (QED) is 0.792. The van der Waals surface area contributed by atoms with Crippen LogP contribution >= 0.6 is 0 Å². The second kappa shape index (κ2) is 5.27. The molecule has 0 spiro atoms. The Hall–Kier alpha value is -0.0800. The largest absolute Gasteiger partial charge is 0.314 e. The highest BCUT2D eigenvalue weighted by Crippen LogP contribution is 2.52. The van der Waals surface area contributed by atoms with E-state index in [1.807, 2.05) is 0 Å². The van der Waals surface area contributed by atoms with E-state index in [1.165, 1.54) is 38.9 Å². The van der Waals surface area contributed by atoms with Gasteiger partial charge in [-0.15, -0.1) is 0 Å². The van der Waals surface area contributed by atoms with Gasteiger partial charge in [-0.05, 0) is 49.6 Å². The summed E-state index contributed by atoms with van der Waals surface area (Å²) < 4.78 is 0. The van der Waals surface area contributed by atoms with Gasteiger partial charge in [-0.1, -0.05) is 27.7 Å². The predicted octanol–water partition coefficient (Wildman–Crippen LogP) is 2.74. The first-order valence-electron chi connectivity index (χ1n) is 7.53. The number of piperidine rings is 1. The second-order valence-electron chi connectivity index (χ2n) is 6.68. The Balaban J connectivity index is 1.81. The number of likely N-dealkylation sites (tertiary alicyclic amines) is 1. The third-order valence-electron chi connectivity index (χ3n) is 5.11. The maximum Gasteiger partial charge on any atom is 0.0117 e. The van der Waals surface area contributed by atoms with Crippen LogP contribution < -0.4 is 5.32 Å². The zero-order valence-corrected chi connectivity index (χ0v) is 12.1. The molecule has 1 aliphatic heterocycles. The molecule has 2 nitrogen and oxygen atoms in total. The minimum Gasteiger partial charge on any atom is -0.314 e. The summed E-state index contributed by atoms with van der Waals surface area (Å²) >= 11 is 0. The number of hydrogen-bond donors (Lipinski definition) is 1. The molecular weight excluding hydrogens is 208 g/mol. The lowest BCUT2D eigenvalue weighted by atomic mass is 9.88. The average Bonchev–Trinajstić information content (AvgIpc) is 3.03. The minimum absolute atomic E-state index is 0.685. The van der Waals surface area contributed by atoms with Crippen molar-refractivity contribution < 1.29 is 0 Å². The Kier molecular flexibility index (Phi) is 4.14. The van der Waals surface area contributed by atoms with Gasteiger partial charge < -0.3 is 10.2 Å². The third-order valence-corrected chi connectivity index (χ3v) is 5.11. The molecule has 0 aromatic rings. The van der Waals surface area contributed by atoms with E-state index in [-0.39, 0.29) is 0 Å². The highest BCUT2D eigenvalue weighted by atomic mass is 15.2. The van der Waals surface area contributed by atoms with Gasteiger partial charge in [0.05, 0.1) is 0 Å². The second-order valence-corrected chi connectivity index (χ2v) is 6.68. The molecule has 2 fully saturated rings. The van der Waals surface area contributed by atoms with Crippen LogP contribution in [0.1, 0.15) is 47.0 Å². The lowest BCUT2D eigenvalue weighted by Gasteiger charge is -2.39. The summed E-state index contributed by atoms with van der Waals surface area (Å²) in [5, 5.41) is 3.63. The lowest BCUT2D eigenvalue weighted by molar-refractivity contribution is 0.110. The van der Waals surface area contributed by atoms with Crippen LogP contribution in [0.2, 0.25) is 0 Å². The highest BCUT2D eigenvalue weighted by molar-refractivity contribution is 4.99. The molecule has 2 atom stereocenters. The Morgan fingerprint density at radius 1 is 1.35 bits per heavy atom. The zero-order chi connectivity index (χ0) is 12.5. The number of nitrogens with one attached hydrogen (secondary N) is 1. The molecule has 1 N–H and O–H groups in total. The Morgan fingerprint density at radius 3 is 2.53 bits per heavy atom. The van der Waals surface area contributed by atoms with E-state index in [0.717, 1.165) is 24.4 Å². The Labute approximate surface area is 107 Å². The van der Waals surface area contributed by atoms with Crippen molar-refractivity contribution in [3.05, 3.63) is 0 Å². The first-order valence-corrected chi connectivity index (χ1v) is 7.53. The van der Waals surface area contributed by atoms with Crippen LogP contribution in [0.15, 0.2) is 0 Å². The van der Waals surface area contributed by atoms with Gasteiger partial charge in [0.15, 0.2) is 0 Å². The summed E-state index contributed by atoms with van der Waals surface area (Å²) in [6, 6.07) is 0.755. The van der Waals surface area contributed by atoms with Crippen LogP contribution in [0, 0.1) is 17.3 Å². The van der Waals surface area contributed by atoms with Crippen LogP contribution in [0.4, 0.5) is 0 Å². The molecule has 2 heteroatoms. The standard InChI is InChI=1S/C15H30N2/c1-5-16-14-6-9-17(10-13(14)4)11-15(7-8-15)12(2)3/h12-14,16H,5-11H2,1-4H3. The van der Waals surface area contributed by atoms with Gasteiger partial charge in [-0.3, -0.25) is 0 Å². The van der Waals surface area contributed by atoms with Crippen molar-refractivity contribution in [3.63, 3.8) is 0 Å². The van der Waals surface area contributed by atoms with Crippen molar-refractivity contribution in [3.8, 4) is 0 Å². The molecule has 0 aromatic carbocycles. The van der Waals surface area contributed by atoms with Crippen molar-refractivity contribution in [2.45, 2.75) is 53.0 Å². The Bertz CT molecular complexity index is 245. The molecule has 0 radical (unpaired) electrons. The van der Waals surface area contributed by atoms with Gasteiger partial charge in [0, 0.05) is 19.1 Å². The SMILES string of the molecule is CCNC1CCN(CC2(C(C)C)CC2)CC1C. The molecule has 2 rings (SSSR count). The fourth-order valence-corrected chi connectivity index (χ4v) is 3.46. The van der Waals surface area contributed by atoms with Crippen LogP contribution in [0.3, 0.4) is 0 Å². The number of hydrogen-bond acceptors (Lipinski definition) is 2. The van der Waals surface area contributed by atoms with E-state index in [2.05, 4.69) is 37.9 Å². The van der Waals surface area contributed by atoms with E-state index in [4.69, 9.17) is 0 Å². The first kappa shape index (κ1) is 13.4. The lowest BCUT2D eigenvalue weighted by Crippen LogP contribution is -2.49. The summed E-state index contributed by atoms with van der Waals surface area (Å²) in [4.78, 5) is 2.73. The molecular formula is C15H30N2. The molecule has 100 valence electrons. The Morgan fingerprint density at radius 2 is 2.06 bits per heavy atom. The molecule has 0 bridgehead atoms. The molecule has 1 aliphatic carbocycles. The van der Waals surface area contributed by atoms with Crippen LogP contribution in [-0.2, 0) is 0 Å². The molecule has 0 aromatic heterocycles. The molecule has 17 heavy (non-hydrogen) atoms. The van der Waals surface area contributed by atoms with Gasteiger partial charge in [0.25, 0.3) is 0 Å². The first-order chi connectivity index (χ1) is 8.07. The summed E-state index contributed by atoms with van der Waals surface area (Å²) in [6.07, 6.45) is 4.27. The molecule has 1 saturated carbocycles. The molecule has 2 aliphatic rings. The van der Waals surface area contributed by atoms with Crippen LogP contribution in [0.25, 0.3) is 0 Å². The monoisotopic (exact) mass is 238 g/mol. The van der Waals surface area contributed by atoms with Crippen LogP contribution in [0.5, 0.6) is 0 Å². The van der Waals surface area contributed by atoms with Crippen molar-refractivity contribution in [2.24, 2.45) is 17.3 Å². The van der Waals surface area contributed by atoms with E-state index < -0.39 is 0 Å². The van der Waals surface area contributed by atoms with Gasteiger partial charge in [-0.25, -0.2) is 0 Å². The number of rotatable bonds is 5. The summed E-state index contributed by atoms with van der Waals surface area (Å²) in [5.74, 6) is 1.68. The zero-order valence-electron chi connectivity index (χ0n) is 12.1. The smallest absolute Gasteiger partial charge is 0.0117 e. The van der Waals surface area contributed by atoms with Crippen molar-refractivity contribution >= 4 is 0 Å². The van der Waals surface area contributed by atoms with E-state index in [1.54, 1.807) is 0 Å². The molecule has 2 unspecified atom stereocenters. The molecule has 1 saturated heterocycles. The van der Waals surface area contributed by atoms with E-state index in [0.29, 0.717) is 5.41 Å². The highest BCUT2D eigenvalue weighted by Gasteiger charge is 2.46. The number of nitrogens with zero attached hydrogens (tertiary/aromatic N) is 1. The normalized spacial score (nSPS) is 33.0. The summed E-state index contributed by atoms with van der Waals surface area (Å²) in [6.45, 7) is 14.5. The maximum absolute atomic E-state index is 3.63. The van der Waals surface area contributed by atoms with Gasteiger partial charge in [0.1, 0.15) is 0 Å². The van der Waals surface area contributed by atoms with E-state index >= 15 is 0 Å². The van der Waals surface area contributed by atoms with Crippen LogP contribution in [-0.4, -0.2) is 37.1 Å². The van der Waals surface area contributed by atoms with Crippen molar-refractivity contribution in [2.75, 3.05) is 26.2 Å². The predicted molar refractivity (Wildman–Crippen MR) is 74.2 cm³/mol. The molecule has 0 amide bonds. The van der Waals surface area contributed by atoms with Gasteiger partial charge >= 0.3 is 0 Å². The van der Waals surface area contributed by atoms with Gasteiger partial charge in [-0.2, -0.15) is 0 Å². The van der Waals surface area contributed by atoms with Crippen molar-refractivity contribution in [1.29, 1.82) is 0 Å². The fourth-order valence-electron chi connectivity index (χ4n) is 3.46. The van der Waals surface area contributed by atoms with Crippen molar-refractivity contribution in [1.82, 2.24) is 10.2 Å². The van der Waals surface area contributed by atoms with E-state index in [9.17, 15) is 0 Å². The summed E-state index contributed by atoms with van der Waals surface area (Å²) in [7, 11) is 0. The fraction of sp³-hybridized carbons (Fsp3) is 1.00. The van der Waals surface area contributed by atoms with Gasteiger partial charge in [0.2, 0.25) is 0 Å². The average molecular weight is 238 g/mol. The maximum atomic E-state index is 3.63.